The fraction of sp³-hybridized carbons (Fsp3) is 0.462. The van der Waals surface area contributed by atoms with Gasteiger partial charge in [0.05, 0.1) is 13.0 Å². The summed E-state index contributed by atoms with van der Waals surface area (Å²) in [4.78, 5) is 10.9. The Kier molecular flexibility index (Phi) is 3.60. The van der Waals surface area contributed by atoms with Crippen LogP contribution in [-0.2, 0) is 11.2 Å². The van der Waals surface area contributed by atoms with Crippen LogP contribution in [0.2, 0.25) is 0 Å². The number of methoxy groups -OCH3 is 1. The van der Waals surface area contributed by atoms with Gasteiger partial charge in [-0.2, -0.15) is 0 Å². The van der Waals surface area contributed by atoms with Gasteiger partial charge in [-0.1, -0.05) is 6.92 Å². The highest BCUT2D eigenvalue weighted by Gasteiger charge is 2.21. The smallest absolute Gasteiger partial charge is 0.306 e. The minimum absolute atomic E-state index is 0.387. The first-order chi connectivity index (χ1) is 8.61. The second kappa shape index (κ2) is 5.16. The lowest BCUT2D eigenvalue weighted by Gasteiger charge is -2.22. The molecule has 98 valence electrons. The molecule has 5 heteroatoms. The summed E-state index contributed by atoms with van der Waals surface area (Å²) in [6.07, 6.45) is 0.387. The van der Waals surface area contributed by atoms with Gasteiger partial charge in [-0.3, -0.25) is 4.79 Å². The van der Waals surface area contributed by atoms with Crippen molar-refractivity contribution in [3.05, 3.63) is 17.7 Å². The molecule has 0 aromatic heterocycles. The number of fused-ring (bicyclic) bond motifs is 1. The number of carboxylic acid groups (broad SMARTS) is 1. The number of aliphatic carboxylic acids is 1. The number of carbonyl (C=O) groups is 1. The third-order valence-electron chi connectivity index (χ3n) is 2.88. The maximum atomic E-state index is 10.9. The molecule has 1 aromatic carbocycles. The fourth-order valence-corrected chi connectivity index (χ4v) is 1.88. The van der Waals surface area contributed by atoms with Crippen molar-refractivity contribution < 1.29 is 24.1 Å². The van der Waals surface area contributed by atoms with E-state index in [2.05, 4.69) is 0 Å². The average Bonchev–Trinajstić information content (AvgIpc) is 2.38. The van der Waals surface area contributed by atoms with Crippen LogP contribution in [0.1, 0.15) is 12.5 Å². The van der Waals surface area contributed by atoms with Gasteiger partial charge in [0.25, 0.3) is 0 Å². The Morgan fingerprint density at radius 2 is 2.17 bits per heavy atom. The summed E-state index contributed by atoms with van der Waals surface area (Å²) >= 11 is 0. The van der Waals surface area contributed by atoms with E-state index in [-0.39, 0.29) is 0 Å². The van der Waals surface area contributed by atoms with E-state index in [0.717, 1.165) is 5.56 Å². The van der Waals surface area contributed by atoms with E-state index in [9.17, 15) is 4.79 Å². The van der Waals surface area contributed by atoms with Crippen LogP contribution in [0, 0.1) is 5.92 Å². The van der Waals surface area contributed by atoms with Crippen molar-refractivity contribution >= 4 is 5.97 Å². The molecule has 1 N–H and O–H groups in total. The zero-order valence-corrected chi connectivity index (χ0v) is 10.4. The summed E-state index contributed by atoms with van der Waals surface area (Å²) in [5.41, 5.74) is 0.805. The largest absolute Gasteiger partial charge is 0.497 e. The highest BCUT2D eigenvalue weighted by atomic mass is 16.6. The van der Waals surface area contributed by atoms with Gasteiger partial charge >= 0.3 is 5.97 Å². The van der Waals surface area contributed by atoms with Crippen molar-refractivity contribution in [2.24, 2.45) is 5.92 Å². The highest BCUT2D eigenvalue weighted by Crippen LogP contribution is 2.38. The SMILES string of the molecule is COc1cc(CC(C)C(=O)O)c2c(c1)OCCO2. The van der Waals surface area contributed by atoms with E-state index >= 15 is 0 Å². The summed E-state index contributed by atoms with van der Waals surface area (Å²) in [5.74, 6) is 0.588. The van der Waals surface area contributed by atoms with E-state index in [1.54, 1.807) is 26.2 Å². The van der Waals surface area contributed by atoms with Crippen molar-refractivity contribution in [2.75, 3.05) is 20.3 Å². The number of ether oxygens (including phenoxy) is 3. The molecule has 0 amide bonds. The van der Waals surface area contributed by atoms with Crippen LogP contribution in [0.15, 0.2) is 12.1 Å². The molecule has 0 aliphatic carbocycles. The van der Waals surface area contributed by atoms with Crippen LogP contribution >= 0.6 is 0 Å². The Labute approximate surface area is 105 Å². The molecule has 0 fully saturated rings. The zero-order chi connectivity index (χ0) is 13.1. The highest BCUT2D eigenvalue weighted by molar-refractivity contribution is 5.70. The van der Waals surface area contributed by atoms with E-state index in [0.29, 0.717) is 36.9 Å². The topological polar surface area (TPSA) is 65.0 Å². The zero-order valence-electron chi connectivity index (χ0n) is 10.4. The van der Waals surface area contributed by atoms with Crippen molar-refractivity contribution in [3.63, 3.8) is 0 Å². The molecule has 18 heavy (non-hydrogen) atoms. The molecule has 0 radical (unpaired) electrons. The summed E-state index contributed by atoms with van der Waals surface area (Å²) in [5, 5.41) is 8.97. The second-order valence-corrected chi connectivity index (χ2v) is 4.25. The molecule has 0 saturated carbocycles. The van der Waals surface area contributed by atoms with Crippen LogP contribution in [0.5, 0.6) is 17.2 Å². The van der Waals surface area contributed by atoms with Gasteiger partial charge in [0, 0.05) is 11.6 Å². The van der Waals surface area contributed by atoms with Gasteiger partial charge in [-0.25, -0.2) is 0 Å². The minimum atomic E-state index is -0.830. The van der Waals surface area contributed by atoms with Crippen LogP contribution in [-0.4, -0.2) is 31.4 Å². The molecular weight excluding hydrogens is 236 g/mol. The Bertz CT molecular complexity index is 455. The van der Waals surface area contributed by atoms with Crippen LogP contribution in [0.3, 0.4) is 0 Å². The molecule has 0 bridgehead atoms. The normalized spacial score (nSPS) is 15.0. The van der Waals surface area contributed by atoms with Crippen LogP contribution in [0.25, 0.3) is 0 Å². The first-order valence-electron chi connectivity index (χ1n) is 5.81. The minimum Gasteiger partial charge on any atom is -0.497 e. The lowest BCUT2D eigenvalue weighted by atomic mass is 9.99. The molecule has 2 rings (SSSR count). The Morgan fingerprint density at radius 1 is 1.44 bits per heavy atom. The standard InChI is InChI=1S/C13H16O5/c1-8(13(14)15)5-9-6-10(16-2)7-11-12(9)18-4-3-17-11/h6-8H,3-5H2,1-2H3,(H,14,15). The maximum absolute atomic E-state index is 10.9. The third kappa shape index (κ3) is 2.50. The monoisotopic (exact) mass is 252 g/mol. The molecular formula is C13H16O5. The van der Waals surface area contributed by atoms with E-state index in [4.69, 9.17) is 19.3 Å². The number of benzene rings is 1. The Balaban J connectivity index is 2.34. The van der Waals surface area contributed by atoms with Gasteiger partial charge in [-0.15, -0.1) is 0 Å². The van der Waals surface area contributed by atoms with Gasteiger partial charge in [0.1, 0.15) is 19.0 Å². The lowest BCUT2D eigenvalue weighted by molar-refractivity contribution is -0.141. The molecule has 0 spiro atoms. The summed E-state index contributed by atoms with van der Waals surface area (Å²) in [7, 11) is 1.57. The molecule has 1 aliphatic rings. The van der Waals surface area contributed by atoms with Crippen molar-refractivity contribution in [1.82, 2.24) is 0 Å². The summed E-state index contributed by atoms with van der Waals surface area (Å²) < 4.78 is 16.2. The van der Waals surface area contributed by atoms with Crippen LogP contribution in [0.4, 0.5) is 0 Å². The van der Waals surface area contributed by atoms with Crippen molar-refractivity contribution in [3.8, 4) is 17.2 Å². The second-order valence-electron chi connectivity index (χ2n) is 4.25. The molecule has 1 atom stereocenters. The van der Waals surface area contributed by atoms with Gasteiger partial charge < -0.3 is 19.3 Å². The first kappa shape index (κ1) is 12.5. The number of hydrogen-bond donors (Lipinski definition) is 1. The van der Waals surface area contributed by atoms with Gasteiger partial charge in [-0.05, 0) is 12.5 Å². The quantitative estimate of drug-likeness (QED) is 0.884. The molecule has 1 heterocycles. The number of carboxylic acids is 1. The molecule has 1 aromatic rings. The molecule has 5 nitrogen and oxygen atoms in total. The lowest BCUT2D eigenvalue weighted by Crippen LogP contribution is -2.18. The van der Waals surface area contributed by atoms with Gasteiger partial charge in [0.2, 0.25) is 0 Å². The summed E-state index contributed by atoms with van der Waals surface area (Å²) in [6, 6.07) is 3.55. The predicted molar refractivity (Wildman–Crippen MR) is 64.5 cm³/mol. The number of rotatable bonds is 4. The molecule has 1 unspecified atom stereocenters. The van der Waals surface area contributed by atoms with Gasteiger partial charge in [0.15, 0.2) is 11.5 Å². The van der Waals surface area contributed by atoms with Crippen molar-refractivity contribution in [2.45, 2.75) is 13.3 Å². The Morgan fingerprint density at radius 3 is 2.83 bits per heavy atom. The predicted octanol–water partition coefficient (Wildman–Crippen LogP) is 1.73. The maximum Gasteiger partial charge on any atom is 0.306 e. The van der Waals surface area contributed by atoms with E-state index in [1.807, 2.05) is 0 Å². The summed E-state index contributed by atoms with van der Waals surface area (Å²) in [6.45, 7) is 2.64. The van der Waals surface area contributed by atoms with E-state index < -0.39 is 11.9 Å². The number of hydrogen-bond acceptors (Lipinski definition) is 4. The average molecular weight is 252 g/mol. The molecule has 1 aliphatic heterocycles. The Hall–Kier alpha value is -1.91. The van der Waals surface area contributed by atoms with Crippen molar-refractivity contribution in [1.29, 1.82) is 0 Å². The third-order valence-corrected chi connectivity index (χ3v) is 2.88. The van der Waals surface area contributed by atoms with Crippen LogP contribution < -0.4 is 14.2 Å². The fourth-order valence-electron chi connectivity index (χ4n) is 1.88. The molecule has 0 saturated heterocycles. The first-order valence-corrected chi connectivity index (χ1v) is 5.81. The van der Waals surface area contributed by atoms with E-state index in [1.165, 1.54) is 0 Å².